The van der Waals surface area contributed by atoms with Crippen molar-refractivity contribution in [3.05, 3.63) is 47.5 Å². The molecule has 0 unspecified atom stereocenters. The number of ether oxygens (including phenoxy) is 5. The molecule has 2 aromatic carbocycles. The highest BCUT2D eigenvalue weighted by atomic mass is 16.5. The van der Waals surface area contributed by atoms with Crippen LogP contribution in [-0.4, -0.2) is 34.4 Å². The lowest BCUT2D eigenvalue weighted by Crippen LogP contribution is -2.09. The molecule has 0 aliphatic carbocycles. The zero-order chi connectivity index (χ0) is 17.5. The van der Waals surface area contributed by atoms with Gasteiger partial charge in [0.1, 0.15) is 35.2 Å². The van der Waals surface area contributed by atoms with E-state index in [1.54, 1.807) is 50.6 Å². The molecule has 2 rings (SSSR count). The molecule has 24 heavy (non-hydrogen) atoms. The Morgan fingerprint density at radius 2 is 1.46 bits per heavy atom. The fourth-order valence-corrected chi connectivity index (χ4v) is 2.26. The van der Waals surface area contributed by atoms with Crippen molar-refractivity contribution in [1.82, 2.24) is 0 Å². The molecule has 0 spiro atoms. The fourth-order valence-electron chi connectivity index (χ4n) is 2.26. The summed E-state index contributed by atoms with van der Waals surface area (Å²) in [5.74, 6) is 1.48. The van der Waals surface area contributed by atoms with E-state index in [1.165, 1.54) is 14.2 Å². The molecule has 0 amide bonds. The first kappa shape index (κ1) is 17.5. The van der Waals surface area contributed by atoms with Crippen molar-refractivity contribution in [2.24, 2.45) is 0 Å². The molecule has 128 valence electrons. The van der Waals surface area contributed by atoms with Gasteiger partial charge in [-0.2, -0.15) is 0 Å². The number of benzene rings is 2. The van der Waals surface area contributed by atoms with Crippen LogP contribution in [0.2, 0.25) is 0 Å². The maximum absolute atomic E-state index is 12.5. The van der Waals surface area contributed by atoms with E-state index >= 15 is 0 Å². The van der Waals surface area contributed by atoms with E-state index < -0.39 is 5.97 Å². The molecule has 0 radical (unpaired) electrons. The zero-order valence-electron chi connectivity index (χ0n) is 14.1. The number of hydrogen-bond acceptors (Lipinski definition) is 6. The van der Waals surface area contributed by atoms with Crippen LogP contribution in [-0.2, 0) is 11.3 Å². The van der Waals surface area contributed by atoms with Gasteiger partial charge in [0, 0.05) is 5.56 Å². The second-order valence-corrected chi connectivity index (χ2v) is 4.79. The van der Waals surface area contributed by atoms with Crippen LogP contribution in [0.3, 0.4) is 0 Å². The van der Waals surface area contributed by atoms with Gasteiger partial charge in [0.15, 0.2) is 0 Å². The number of esters is 1. The first-order valence-electron chi connectivity index (χ1n) is 7.23. The van der Waals surface area contributed by atoms with Gasteiger partial charge in [-0.25, -0.2) is 4.79 Å². The summed E-state index contributed by atoms with van der Waals surface area (Å²) < 4.78 is 26.3. The second kappa shape index (κ2) is 8.10. The molecule has 0 heterocycles. The normalized spacial score (nSPS) is 10.0. The third-order valence-electron chi connectivity index (χ3n) is 3.48. The summed E-state index contributed by atoms with van der Waals surface area (Å²) in [6, 6.07) is 10.4. The number of methoxy groups -OCH3 is 4. The van der Waals surface area contributed by atoms with Crippen molar-refractivity contribution in [2.45, 2.75) is 6.61 Å². The first-order chi connectivity index (χ1) is 11.6. The summed E-state index contributed by atoms with van der Waals surface area (Å²) in [6.45, 7) is 0.0282. The smallest absolute Gasteiger partial charge is 0.346 e. The Kier molecular flexibility index (Phi) is 5.89. The van der Waals surface area contributed by atoms with Crippen LogP contribution in [0.4, 0.5) is 0 Å². The van der Waals surface area contributed by atoms with Crippen LogP contribution in [0.25, 0.3) is 0 Å². The molecular formula is C18H20O6. The molecular weight excluding hydrogens is 312 g/mol. The predicted octanol–water partition coefficient (Wildman–Crippen LogP) is 3.08. The molecule has 0 aliphatic rings. The molecule has 6 heteroatoms. The summed E-state index contributed by atoms with van der Waals surface area (Å²) >= 11 is 0. The Balaban J connectivity index is 2.23. The van der Waals surface area contributed by atoms with E-state index in [4.69, 9.17) is 23.7 Å². The third kappa shape index (κ3) is 3.71. The van der Waals surface area contributed by atoms with Gasteiger partial charge in [-0.1, -0.05) is 6.07 Å². The Hall–Kier alpha value is -2.89. The molecule has 0 aromatic heterocycles. The summed E-state index contributed by atoms with van der Waals surface area (Å²) in [4.78, 5) is 12.5. The highest BCUT2D eigenvalue weighted by molar-refractivity contribution is 5.95. The summed E-state index contributed by atoms with van der Waals surface area (Å²) in [7, 11) is 6.08. The topological polar surface area (TPSA) is 63.2 Å². The Labute approximate surface area is 140 Å². The van der Waals surface area contributed by atoms with E-state index in [9.17, 15) is 4.79 Å². The number of carbonyl (C=O) groups excluding carboxylic acids is 1. The first-order valence-corrected chi connectivity index (χ1v) is 7.23. The van der Waals surface area contributed by atoms with Gasteiger partial charge >= 0.3 is 5.97 Å². The molecule has 0 atom stereocenters. The Morgan fingerprint density at radius 3 is 2.00 bits per heavy atom. The maximum atomic E-state index is 12.5. The number of hydrogen-bond donors (Lipinski definition) is 0. The summed E-state index contributed by atoms with van der Waals surface area (Å²) in [5, 5.41) is 0. The van der Waals surface area contributed by atoms with Gasteiger partial charge in [-0.05, 0) is 30.3 Å². The van der Waals surface area contributed by atoms with Gasteiger partial charge in [0.2, 0.25) is 0 Å². The number of carbonyl (C=O) groups is 1. The Bertz CT molecular complexity index is 688. The van der Waals surface area contributed by atoms with Crippen molar-refractivity contribution in [3.63, 3.8) is 0 Å². The van der Waals surface area contributed by atoms with Crippen molar-refractivity contribution in [1.29, 1.82) is 0 Å². The lowest BCUT2D eigenvalue weighted by molar-refractivity contribution is 0.0462. The predicted molar refractivity (Wildman–Crippen MR) is 88.2 cm³/mol. The van der Waals surface area contributed by atoms with E-state index in [2.05, 4.69) is 0 Å². The van der Waals surface area contributed by atoms with Crippen LogP contribution in [0.5, 0.6) is 23.0 Å². The minimum Gasteiger partial charge on any atom is -0.497 e. The van der Waals surface area contributed by atoms with E-state index in [0.717, 1.165) is 0 Å². The molecule has 0 saturated heterocycles. The molecule has 0 saturated carbocycles. The van der Waals surface area contributed by atoms with Gasteiger partial charge in [-0.3, -0.25) is 0 Å². The van der Waals surface area contributed by atoms with Gasteiger partial charge in [0.25, 0.3) is 0 Å². The van der Waals surface area contributed by atoms with E-state index in [1.807, 2.05) is 0 Å². The van der Waals surface area contributed by atoms with Gasteiger partial charge in [-0.15, -0.1) is 0 Å². The van der Waals surface area contributed by atoms with E-state index in [-0.39, 0.29) is 12.2 Å². The number of rotatable bonds is 7. The quantitative estimate of drug-likeness (QED) is 0.726. The second-order valence-electron chi connectivity index (χ2n) is 4.79. The van der Waals surface area contributed by atoms with Crippen molar-refractivity contribution < 1.29 is 28.5 Å². The Morgan fingerprint density at radius 1 is 0.833 bits per heavy atom. The van der Waals surface area contributed by atoms with Crippen LogP contribution in [0, 0.1) is 0 Å². The average Bonchev–Trinajstić information content (AvgIpc) is 2.64. The van der Waals surface area contributed by atoms with Crippen LogP contribution in [0.1, 0.15) is 15.9 Å². The SMILES string of the molecule is COc1ccc(OC)c(COC(=O)c2c(OC)cccc2OC)c1. The molecule has 0 bridgehead atoms. The van der Waals surface area contributed by atoms with Gasteiger partial charge < -0.3 is 23.7 Å². The van der Waals surface area contributed by atoms with Crippen LogP contribution >= 0.6 is 0 Å². The van der Waals surface area contributed by atoms with Crippen molar-refractivity contribution in [2.75, 3.05) is 28.4 Å². The lowest BCUT2D eigenvalue weighted by atomic mass is 10.1. The largest absolute Gasteiger partial charge is 0.497 e. The lowest BCUT2D eigenvalue weighted by Gasteiger charge is -2.14. The monoisotopic (exact) mass is 332 g/mol. The molecule has 2 aromatic rings. The van der Waals surface area contributed by atoms with Crippen LogP contribution < -0.4 is 18.9 Å². The zero-order valence-corrected chi connectivity index (χ0v) is 14.1. The van der Waals surface area contributed by atoms with Crippen molar-refractivity contribution >= 4 is 5.97 Å². The standard InChI is InChI=1S/C18H20O6/c1-20-13-8-9-14(21-2)12(10-13)11-24-18(19)17-15(22-3)6-5-7-16(17)23-4/h5-10H,11H2,1-4H3. The highest BCUT2D eigenvalue weighted by Gasteiger charge is 2.20. The summed E-state index contributed by atoms with van der Waals surface area (Å²) in [6.07, 6.45) is 0. The fraction of sp³-hybridized carbons (Fsp3) is 0.278. The van der Waals surface area contributed by atoms with Crippen LogP contribution in [0.15, 0.2) is 36.4 Å². The molecule has 0 N–H and O–H groups in total. The van der Waals surface area contributed by atoms with E-state index in [0.29, 0.717) is 28.6 Å². The maximum Gasteiger partial charge on any atom is 0.346 e. The molecule has 0 aliphatic heterocycles. The third-order valence-corrected chi connectivity index (χ3v) is 3.48. The average molecular weight is 332 g/mol. The molecule has 6 nitrogen and oxygen atoms in total. The van der Waals surface area contributed by atoms with Crippen molar-refractivity contribution in [3.8, 4) is 23.0 Å². The summed E-state index contributed by atoms with van der Waals surface area (Å²) in [5.41, 5.74) is 0.934. The highest BCUT2D eigenvalue weighted by Crippen LogP contribution is 2.30. The minimum absolute atomic E-state index is 0.0282. The molecule has 0 fully saturated rings. The van der Waals surface area contributed by atoms with Gasteiger partial charge in [0.05, 0.1) is 28.4 Å². The minimum atomic E-state index is -0.547.